The summed E-state index contributed by atoms with van der Waals surface area (Å²) in [6, 6.07) is 10.5. The van der Waals surface area contributed by atoms with Gasteiger partial charge in [0.15, 0.2) is 0 Å². The fraction of sp³-hybridized carbons (Fsp3) is 0.182. The summed E-state index contributed by atoms with van der Waals surface area (Å²) < 4.78 is 29.2. The lowest BCUT2D eigenvalue weighted by Gasteiger charge is -2.35. The largest absolute Gasteiger partial charge is 0.381 e. The monoisotopic (exact) mass is 423 g/mol. The molecular formula is C22H19F2N5O2. The van der Waals surface area contributed by atoms with Crippen molar-refractivity contribution < 1.29 is 18.7 Å². The highest BCUT2D eigenvalue weighted by atomic mass is 19.1. The van der Waals surface area contributed by atoms with E-state index in [9.17, 15) is 18.7 Å². The normalized spacial score (nSPS) is 14.0. The van der Waals surface area contributed by atoms with E-state index < -0.39 is 29.2 Å². The van der Waals surface area contributed by atoms with Crippen LogP contribution in [0.2, 0.25) is 0 Å². The number of aliphatic hydroxyl groups is 1. The Morgan fingerprint density at radius 2 is 2.06 bits per heavy atom. The Kier molecular flexibility index (Phi) is 6.52. The number of rotatable bonds is 7. The molecular weight excluding hydrogens is 404 g/mol. The van der Waals surface area contributed by atoms with E-state index in [0.717, 1.165) is 12.1 Å². The molecule has 3 rings (SSSR count). The minimum absolute atomic E-state index is 0.187. The number of amides is 1. The average Bonchev–Trinajstić information content (AvgIpc) is 3.25. The molecule has 9 heteroatoms. The van der Waals surface area contributed by atoms with Gasteiger partial charge < -0.3 is 10.4 Å². The molecule has 1 heterocycles. The molecule has 31 heavy (non-hydrogen) atoms. The average molecular weight is 423 g/mol. The van der Waals surface area contributed by atoms with E-state index in [0.29, 0.717) is 17.2 Å². The maximum Gasteiger partial charge on any atom is 0.244 e. The van der Waals surface area contributed by atoms with Crippen molar-refractivity contribution in [1.29, 1.82) is 5.26 Å². The molecule has 2 N–H and O–H groups in total. The Hall–Kier alpha value is -3.90. The fourth-order valence-corrected chi connectivity index (χ4v) is 3.08. The summed E-state index contributed by atoms with van der Waals surface area (Å²) in [4.78, 5) is 16.2. The molecule has 0 radical (unpaired) electrons. The second-order valence-electron chi connectivity index (χ2n) is 6.94. The number of carbonyl (C=O) groups excluding carboxylic acids is 1. The zero-order valence-electron chi connectivity index (χ0n) is 16.5. The van der Waals surface area contributed by atoms with Gasteiger partial charge in [0.05, 0.1) is 24.2 Å². The summed E-state index contributed by atoms with van der Waals surface area (Å²) in [6.07, 6.45) is 5.39. The first kappa shape index (κ1) is 21.8. The molecule has 0 fully saturated rings. The lowest BCUT2D eigenvalue weighted by atomic mass is 9.86. The van der Waals surface area contributed by atoms with Crippen LogP contribution in [0.15, 0.2) is 61.2 Å². The van der Waals surface area contributed by atoms with Gasteiger partial charge in [0.2, 0.25) is 5.91 Å². The molecule has 0 spiro atoms. The summed E-state index contributed by atoms with van der Waals surface area (Å²) >= 11 is 0. The van der Waals surface area contributed by atoms with Crippen LogP contribution < -0.4 is 5.32 Å². The van der Waals surface area contributed by atoms with E-state index in [1.165, 1.54) is 36.4 Å². The maximum atomic E-state index is 14.5. The number of benzene rings is 2. The predicted molar refractivity (Wildman–Crippen MR) is 108 cm³/mol. The molecule has 158 valence electrons. The number of aromatic nitrogens is 3. The molecule has 2 aromatic carbocycles. The van der Waals surface area contributed by atoms with Crippen LogP contribution >= 0.6 is 0 Å². The molecule has 1 amide bonds. The molecule has 0 aliphatic heterocycles. The lowest BCUT2D eigenvalue weighted by Crippen LogP contribution is -2.51. The highest BCUT2D eigenvalue weighted by Crippen LogP contribution is 2.30. The van der Waals surface area contributed by atoms with Gasteiger partial charge in [-0.05, 0) is 36.8 Å². The number of nitrogens with one attached hydrogen (secondary N) is 1. The van der Waals surface area contributed by atoms with Crippen molar-refractivity contribution in [1.82, 2.24) is 20.1 Å². The van der Waals surface area contributed by atoms with Gasteiger partial charge in [-0.2, -0.15) is 10.4 Å². The Balaban J connectivity index is 1.82. The number of nitriles is 1. The van der Waals surface area contributed by atoms with Gasteiger partial charge in [0, 0.05) is 17.7 Å². The zero-order valence-corrected chi connectivity index (χ0v) is 16.5. The van der Waals surface area contributed by atoms with Crippen LogP contribution in [0.5, 0.6) is 0 Å². The third-order valence-electron chi connectivity index (χ3n) is 4.81. The number of halogens is 2. The fourth-order valence-electron chi connectivity index (χ4n) is 3.08. The lowest BCUT2D eigenvalue weighted by molar-refractivity contribution is -0.120. The molecule has 7 nitrogen and oxygen atoms in total. The Morgan fingerprint density at radius 1 is 1.32 bits per heavy atom. The van der Waals surface area contributed by atoms with Crippen molar-refractivity contribution in [2.24, 2.45) is 0 Å². The smallest absolute Gasteiger partial charge is 0.244 e. The third kappa shape index (κ3) is 5.18. The van der Waals surface area contributed by atoms with Crippen molar-refractivity contribution in [3.05, 3.63) is 89.5 Å². The quantitative estimate of drug-likeness (QED) is 0.569. The van der Waals surface area contributed by atoms with Crippen molar-refractivity contribution in [3.63, 3.8) is 0 Å². The first-order valence-electron chi connectivity index (χ1n) is 9.31. The summed E-state index contributed by atoms with van der Waals surface area (Å²) in [5.74, 6) is -2.26. The standard InChI is InChI=1S/C22H19F2N5O2/c1-15(28-21(30)9-6-16-2-4-17(11-25)5-3-16)22(31,12-29-14-26-13-27-29)19-8-7-18(23)10-20(19)24/h2-10,13-15,31H,12H2,1H3,(H,28,30)/b9-6+/t15-,22-/m1/s1. The summed E-state index contributed by atoms with van der Waals surface area (Å²) in [7, 11) is 0. The molecule has 0 saturated heterocycles. The second kappa shape index (κ2) is 9.28. The van der Waals surface area contributed by atoms with E-state index in [4.69, 9.17) is 5.26 Å². The van der Waals surface area contributed by atoms with Gasteiger partial charge >= 0.3 is 0 Å². The topological polar surface area (TPSA) is 104 Å². The van der Waals surface area contributed by atoms with Crippen molar-refractivity contribution in [3.8, 4) is 6.07 Å². The molecule has 0 aliphatic rings. The van der Waals surface area contributed by atoms with Crippen molar-refractivity contribution in [2.75, 3.05) is 0 Å². The van der Waals surface area contributed by atoms with Gasteiger partial charge in [-0.25, -0.2) is 18.4 Å². The van der Waals surface area contributed by atoms with Crippen molar-refractivity contribution in [2.45, 2.75) is 25.1 Å². The van der Waals surface area contributed by atoms with Crippen LogP contribution in [-0.4, -0.2) is 31.8 Å². The molecule has 0 bridgehead atoms. The minimum Gasteiger partial charge on any atom is -0.381 e. The van der Waals surface area contributed by atoms with E-state index >= 15 is 0 Å². The minimum atomic E-state index is -1.94. The van der Waals surface area contributed by atoms with Crippen molar-refractivity contribution >= 4 is 12.0 Å². The highest BCUT2D eigenvalue weighted by Gasteiger charge is 2.39. The molecule has 3 aromatic rings. The number of hydrogen-bond donors (Lipinski definition) is 2. The van der Waals surface area contributed by atoms with Crippen LogP contribution in [0.3, 0.4) is 0 Å². The van der Waals surface area contributed by atoms with E-state index in [-0.39, 0.29) is 12.1 Å². The number of nitrogens with zero attached hydrogens (tertiary/aromatic N) is 4. The van der Waals surface area contributed by atoms with Crippen LogP contribution in [0.25, 0.3) is 6.08 Å². The maximum absolute atomic E-state index is 14.5. The van der Waals surface area contributed by atoms with Gasteiger partial charge in [-0.3, -0.25) is 4.79 Å². The third-order valence-corrected chi connectivity index (χ3v) is 4.81. The van der Waals surface area contributed by atoms with Gasteiger partial charge in [0.25, 0.3) is 0 Å². The van der Waals surface area contributed by atoms with Crippen LogP contribution in [0, 0.1) is 23.0 Å². The Labute approximate surface area is 177 Å². The highest BCUT2D eigenvalue weighted by molar-refractivity contribution is 5.92. The van der Waals surface area contributed by atoms with Gasteiger partial charge in [0.1, 0.15) is 29.9 Å². The molecule has 0 unspecified atom stereocenters. The van der Waals surface area contributed by atoms with Crippen LogP contribution in [0.4, 0.5) is 8.78 Å². The molecule has 0 saturated carbocycles. The molecule has 1 aromatic heterocycles. The van der Waals surface area contributed by atoms with Gasteiger partial charge in [-0.15, -0.1) is 0 Å². The Morgan fingerprint density at radius 3 is 2.68 bits per heavy atom. The first-order chi connectivity index (χ1) is 14.8. The number of hydrogen-bond acceptors (Lipinski definition) is 5. The van der Waals surface area contributed by atoms with Crippen LogP contribution in [-0.2, 0) is 16.9 Å². The SMILES string of the molecule is C[C@@H](NC(=O)/C=C/c1ccc(C#N)cc1)[C@](O)(Cn1cncn1)c1ccc(F)cc1F. The number of carbonyl (C=O) groups is 1. The van der Waals surface area contributed by atoms with E-state index in [2.05, 4.69) is 15.4 Å². The van der Waals surface area contributed by atoms with E-state index in [1.54, 1.807) is 24.3 Å². The summed E-state index contributed by atoms with van der Waals surface area (Å²) in [6.45, 7) is 1.28. The molecule has 2 atom stereocenters. The van der Waals surface area contributed by atoms with E-state index in [1.807, 2.05) is 6.07 Å². The first-order valence-corrected chi connectivity index (χ1v) is 9.31. The summed E-state index contributed by atoms with van der Waals surface area (Å²) in [5, 5.41) is 26.7. The zero-order chi connectivity index (χ0) is 22.4. The predicted octanol–water partition coefficient (Wildman–Crippen LogP) is 2.53. The summed E-state index contributed by atoms with van der Waals surface area (Å²) in [5.41, 5.74) is -0.934. The van der Waals surface area contributed by atoms with Gasteiger partial charge in [-0.1, -0.05) is 18.2 Å². The second-order valence-corrected chi connectivity index (χ2v) is 6.94. The molecule has 0 aliphatic carbocycles. The Bertz CT molecular complexity index is 1120. The van der Waals surface area contributed by atoms with Crippen LogP contribution in [0.1, 0.15) is 23.6 Å².